The van der Waals surface area contributed by atoms with Gasteiger partial charge in [-0.05, 0) is 30.5 Å². The number of esters is 1. The molecule has 31 heavy (non-hydrogen) atoms. The molecule has 0 bridgehead atoms. The molecule has 2 amide bonds. The first-order chi connectivity index (χ1) is 14.9. The van der Waals surface area contributed by atoms with Crippen LogP contribution in [-0.4, -0.2) is 36.7 Å². The average molecular weight is 462 g/mol. The minimum absolute atomic E-state index is 0.0630. The summed E-state index contributed by atoms with van der Waals surface area (Å²) in [5, 5.41) is 16.3. The van der Waals surface area contributed by atoms with Crippen LogP contribution in [0.25, 0.3) is 0 Å². The molecule has 0 unspecified atom stereocenters. The molecule has 2 atom stereocenters. The Hall–Kier alpha value is -2.50. The third-order valence-corrected chi connectivity index (χ3v) is 6.80. The summed E-state index contributed by atoms with van der Waals surface area (Å²) in [6.07, 6.45) is 5.35. The fourth-order valence-corrected chi connectivity index (χ4v) is 4.99. The number of carbonyl (C=O) groups is 3. The first kappa shape index (κ1) is 23.2. The number of nitriles is 1. The highest BCUT2D eigenvalue weighted by molar-refractivity contribution is 8.03. The Bertz CT molecular complexity index is 920. The SMILES string of the molecule is COC(=O)[C@@H]1C(=O)NC(SCC(=O)NC2CCCCC2)=C(C#N)[C@@H]1c1ccc(Cl)cc1. The molecule has 1 aromatic rings. The number of thioether (sulfide) groups is 1. The maximum atomic E-state index is 12.8. The maximum Gasteiger partial charge on any atom is 0.319 e. The molecule has 1 heterocycles. The lowest BCUT2D eigenvalue weighted by atomic mass is 9.78. The Kier molecular flexibility index (Phi) is 7.99. The Morgan fingerprint density at radius 3 is 2.55 bits per heavy atom. The number of nitrogens with one attached hydrogen (secondary N) is 2. The number of hydrogen-bond acceptors (Lipinski definition) is 6. The fourth-order valence-electron chi connectivity index (χ4n) is 4.00. The van der Waals surface area contributed by atoms with Gasteiger partial charge in [0.15, 0.2) is 0 Å². The highest BCUT2D eigenvalue weighted by Gasteiger charge is 2.44. The van der Waals surface area contributed by atoms with Crippen molar-refractivity contribution >= 4 is 41.1 Å². The number of methoxy groups -OCH3 is 1. The van der Waals surface area contributed by atoms with Crippen LogP contribution in [0.4, 0.5) is 0 Å². The van der Waals surface area contributed by atoms with Crippen molar-refractivity contribution in [1.82, 2.24) is 10.6 Å². The van der Waals surface area contributed by atoms with Gasteiger partial charge in [-0.2, -0.15) is 5.26 Å². The van der Waals surface area contributed by atoms with Gasteiger partial charge in [-0.15, -0.1) is 0 Å². The molecule has 0 aromatic heterocycles. The summed E-state index contributed by atoms with van der Waals surface area (Å²) < 4.78 is 4.82. The van der Waals surface area contributed by atoms with Crippen molar-refractivity contribution in [1.29, 1.82) is 5.26 Å². The number of amides is 2. The number of allylic oxidation sites excluding steroid dienone is 1. The van der Waals surface area contributed by atoms with E-state index in [2.05, 4.69) is 16.7 Å². The van der Waals surface area contributed by atoms with Gasteiger partial charge in [-0.3, -0.25) is 14.4 Å². The van der Waals surface area contributed by atoms with E-state index in [1.165, 1.54) is 13.5 Å². The number of benzene rings is 1. The second-order valence-corrected chi connectivity index (χ2v) is 8.99. The van der Waals surface area contributed by atoms with E-state index < -0.39 is 23.7 Å². The molecule has 0 radical (unpaired) electrons. The van der Waals surface area contributed by atoms with E-state index in [-0.39, 0.29) is 28.3 Å². The quantitative estimate of drug-likeness (QED) is 0.497. The van der Waals surface area contributed by atoms with Crippen LogP contribution in [-0.2, 0) is 19.1 Å². The summed E-state index contributed by atoms with van der Waals surface area (Å²) >= 11 is 7.06. The van der Waals surface area contributed by atoms with E-state index in [4.69, 9.17) is 16.3 Å². The number of ether oxygens (including phenoxy) is 1. The minimum atomic E-state index is -1.21. The Balaban J connectivity index is 1.84. The van der Waals surface area contributed by atoms with Crippen LogP contribution in [0.2, 0.25) is 5.02 Å². The normalized spacial score (nSPS) is 21.8. The highest BCUT2D eigenvalue weighted by atomic mass is 35.5. The molecule has 0 spiro atoms. The van der Waals surface area contributed by atoms with Crippen LogP contribution in [0.1, 0.15) is 43.6 Å². The van der Waals surface area contributed by atoms with E-state index in [9.17, 15) is 19.6 Å². The van der Waals surface area contributed by atoms with Crippen LogP contribution in [0.5, 0.6) is 0 Å². The summed E-state index contributed by atoms with van der Waals surface area (Å²) in [4.78, 5) is 37.6. The Morgan fingerprint density at radius 1 is 1.26 bits per heavy atom. The number of halogens is 1. The van der Waals surface area contributed by atoms with Gasteiger partial charge >= 0.3 is 5.97 Å². The summed E-state index contributed by atoms with van der Waals surface area (Å²) in [5.74, 6) is -3.42. The first-order valence-corrected chi connectivity index (χ1v) is 11.5. The summed E-state index contributed by atoms with van der Waals surface area (Å²) in [6.45, 7) is 0. The van der Waals surface area contributed by atoms with Gasteiger partial charge in [-0.25, -0.2) is 0 Å². The molecule has 2 aliphatic rings. The zero-order chi connectivity index (χ0) is 22.4. The Morgan fingerprint density at radius 2 is 1.94 bits per heavy atom. The standard InChI is InChI=1S/C22H24ClN3O4S/c1-30-22(29)19-18(13-7-9-14(23)10-8-13)16(11-24)21(26-20(19)28)31-12-17(27)25-15-5-3-2-4-6-15/h7-10,15,18-19H,2-6,12H2,1H3,(H,25,27)(H,26,28)/t18-,19-/m0/s1. The predicted molar refractivity (Wildman–Crippen MR) is 118 cm³/mol. The zero-order valence-electron chi connectivity index (χ0n) is 17.2. The van der Waals surface area contributed by atoms with Crippen molar-refractivity contribution in [2.75, 3.05) is 12.9 Å². The zero-order valence-corrected chi connectivity index (χ0v) is 18.7. The maximum absolute atomic E-state index is 12.8. The number of hydrogen-bond donors (Lipinski definition) is 2. The molecule has 1 fully saturated rings. The van der Waals surface area contributed by atoms with Crippen LogP contribution in [0.3, 0.4) is 0 Å². The molecule has 164 valence electrons. The molecule has 1 aliphatic carbocycles. The van der Waals surface area contributed by atoms with Crippen molar-refractivity contribution < 1.29 is 19.1 Å². The van der Waals surface area contributed by atoms with E-state index in [0.717, 1.165) is 37.4 Å². The van der Waals surface area contributed by atoms with Gasteiger partial charge in [0, 0.05) is 17.0 Å². The number of carbonyl (C=O) groups excluding carboxylic acids is 3. The van der Waals surface area contributed by atoms with E-state index in [0.29, 0.717) is 10.6 Å². The van der Waals surface area contributed by atoms with Crippen LogP contribution >= 0.6 is 23.4 Å². The largest absolute Gasteiger partial charge is 0.468 e. The van der Waals surface area contributed by atoms with E-state index >= 15 is 0 Å². The first-order valence-electron chi connectivity index (χ1n) is 10.1. The van der Waals surface area contributed by atoms with Gasteiger partial charge in [0.1, 0.15) is 5.92 Å². The molecule has 1 aromatic carbocycles. The van der Waals surface area contributed by atoms with Gasteiger partial charge in [-0.1, -0.05) is 54.8 Å². The number of nitrogens with zero attached hydrogens (tertiary/aromatic N) is 1. The molecule has 9 heteroatoms. The third-order valence-electron chi connectivity index (χ3n) is 5.53. The summed E-state index contributed by atoms with van der Waals surface area (Å²) in [6, 6.07) is 8.93. The van der Waals surface area contributed by atoms with Gasteiger partial charge < -0.3 is 15.4 Å². The molecule has 3 rings (SSSR count). The van der Waals surface area contributed by atoms with Crippen LogP contribution in [0, 0.1) is 17.2 Å². The Labute approximate surface area is 190 Å². The lowest BCUT2D eigenvalue weighted by Crippen LogP contribution is -2.44. The second kappa shape index (κ2) is 10.7. The summed E-state index contributed by atoms with van der Waals surface area (Å²) in [5.41, 5.74) is 0.809. The average Bonchev–Trinajstić information content (AvgIpc) is 2.78. The topological polar surface area (TPSA) is 108 Å². The van der Waals surface area contributed by atoms with Crippen molar-refractivity contribution in [2.45, 2.75) is 44.1 Å². The summed E-state index contributed by atoms with van der Waals surface area (Å²) in [7, 11) is 1.20. The van der Waals surface area contributed by atoms with Crippen molar-refractivity contribution in [3.63, 3.8) is 0 Å². The third kappa shape index (κ3) is 5.60. The minimum Gasteiger partial charge on any atom is -0.468 e. The molecule has 1 aliphatic heterocycles. The fraction of sp³-hybridized carbons (Fsp3) is 0.455. The molecule has 2 N–H and O–H groups in total. The molecule has 1 saturated carbocycles. The van der Waals surface area contributed by atoms with E-state index in [1.807, 2.05) is 0 Å². The smallest absolute Gasteiger partial charge is 0.319 e. The monoisotopic (exact) mass is 461 g/mol. The van der Waals surface area contributed by atoms with Gasteiger partial charge in [0.05, 0.1) is 29.5 Å². The second-order valence-electron chi connectivity index (χ2n) is 7.57. The molecular weight excluding hydrogens is 438 g/mol. The molecule has 0 saturated heterocycles. The van der Waals surface area contributed by atoms with Gasteiger partial charge in [0.2, 0.25) is 11.8 Å². The number of rotatable bonds is 6. The van der Waals surface area contributed by atoms with Crippen LogP contribution < -0.4 is 10.6 Å². The van der Waals surface area contributed by atoms with Crippen LogP contribution in [0.15, 0.2) is 34.9 Å². The van der Waals surface area contributed by atoms with E-state index in [1.54, 1.807) is 24.3 Å². The van der Waals surface area contributed by atoms with Crippen molar-refractivity contribution in [3.05, 3.63) is 45.5 Å². The lowest BCUT2D eigenvalue weighted by Gasteiger charge is -2.31. The molecular formula is C22H24ClN3O4S. The van der Waals surface area contributed by atoms with Gasteiger partial charge in [0.25, 0.3) is 0 Å². The molecule has 7 nitrogen and oxygen atoms in total. The lowest BCUT2D eigenvalue weighted by molar-refractivity contribution is -0.150. The van der Waals surface area contributed by atoms with Crippen molar-refractivity contribution in [2.24, 2.45) is 5.92 Å². The highest BCUT2D eigenvalue weighted by Crippen LogP contribution is 2.40. The predicted octanol–water partition coefficient (Wildman–Crippen LogP) is 3.26. The van der Waals surface area contributed by atoms with Crippen molar-refractivity contribution in [3.8, 4) is 6.07 Å².